The Balaban J connectivity index is 2.19. The molecule has 0 spiro atoms. The van der Waals surface area contributed by atoms with E-state index in [9.17, 15) is 0 Å². The second-order valence-corrected chi connectivity index (χ2v) is 5.40. The maximum Gasteiger partial charge on any atom is 0.000956 e. The number of hydrogen-bond donors (Lipinski definition) is 0. The zero-order chi connectivity index (χ0) is 11.1. The number of hydrogen-bond acceptors (Lipinski definition) is 1. The van der Waals surface area contributed by atoms with Crippen LogP contribution in [0.1, 0.15) is 59.3 Å². The number of likely N-dealkylation sites (tertiary alicyclic amines) is 1. The Labute approximate surface area is 96.2 Å². The van der Waals surface area contributed by atoms with Gasteiger partial charge in [0.2, 0.25) is 0 Å². The van der Waals surface area contributed by atoms with Gasteiger partial charge < -0.3 is 4.90 Å². The summed E-state index contributed by atoms with van der Waals surface area (Å²) in [7, 11) is 0. The van der Waals surface area contributed by atoms with Gasteiger partial charge in [0.1, 0.15) is 0 Å². The molecule has 1 rings (SSSR count). The van der Waals surface area contributed by atoms with Gasteiger partial charge in [0, 0.05) is 6.54 Å². The highest BCUT2D eigenvalue weighted by Crippen LogP contribution is 2.20. The molecule has 0 amide bonds. The van der Waals surface area contributed by atoms with Crippen molar-refractivity contribution < 1.29 is 0 Å². The van der Waals surface area contributed by atoms with E-state index in [4.69, 9.17) is 0 Å². The minimum absolute atomic E-state index is 0.957. The van der Waals surface area contributed by atoms with E-state index >= 15 is 0 Å². The lowest BCUT2D eigenvalue weighted by Gasteiger charge is -2.32. The van der Waals surface area contributed by atoms with Crippen LogP contribution in [0.3, 0.4) is 0 Å². The Kier molecular flexibility index (Phi) is 6.31. The molecule has 0 unspecified atom stereocenters. The Morgan fingerprint density at radius 2 is 1.87 bits per heavy atom. The van der Waals surface area contributed by atoms with Crippen LogP contribution in [-0.4, -0.2) is 24.5 Å². The van der Waals surface area contributed by atoms with E-state index in [-0.39, 0.29) is 0 Å². The van der Waals surface area contributed by atoms with Crippen LogP contribution in [0.2, 0.25) is 0 Å². The topological polar surface area (TPSA) is 3.24 Å². The second-order valence-electron chi connectivity index (χ2n) is 5.40. The van der Waals surface area contributed by atoms with Gasteiger partial charge in [0.25, 0.3) is 0 Å². The van der Waals surface area contributed by atoms with Crippen LogP contribution < -0.4 is 0 Å². The van der Waals surface area contributed by atoms with Gasteiger partial charge >= 0.3 is 0 Å². The third-order valence-corrected chi connectivity index (χ3v) is 3.94. The number of unbranched alkanes of at least 4 members (excludes halogenated alkanes) is 1. The summed E-state index contributed by atoms with van der Waals surface area (Å²) >= 11 is 0. The summed E-state index contributed by atoms with van der Waals surface area (Å²) in [5.74, 6) is 1.93. The first-order valence-electron chi connectivity index (χ1n) is 6.98. The molecule has 1 atom stereocenters. The van der Waals surface area contributed by atoms with Gasteiger partial charge in [-0.3, -0.25) is 0 Å². The van der Waals surface area contributed by atoms with Crippen molar-refractivity contribution in [1.82, 2.24) is 4.90 Å². The first-order chi connectivity index (χ1) is 7.26. The third kappa shape index (κ3) is 5.01. The molecule has 1 heterocycles. The predicted molar refractivity (Wildman–Crippen MR) is 68.1 cm³/mol. The van der Waals surface area contributed by atoms with E-state index in [1.807, 2.05) is 0 Å². The van der Waals surface area contributed by atoms with Crippen LogP contribution in [0.15, 0.2) is 0 Å². The molecule has 0 aromatic heterocycles. The van der Waals surface area contributed by atoms with Gasteiger partial charge in [0.15, 0.2) is 0 Å². The zero-order valence-corrected chi connectivity index (χ0v) is 11.0. The molecule has 0 saturated carbocycles. The van der Waals surface area contributed by atoms with Crippen molar-refractivity contribution in [2.45, 2.75) is 59.3 Å². The highest BCUT2D eigenvalue weighted by molar-refractivity contribution is 4.72. The molecule has 0 N–H and O–H groups in total. The molecular weight excluding hydrogens is 182 g/mol. The quantitative estimate of drug-likeness (QED) is 0.643. The van der Waals surface area contributed by atoms with Crippen LogP contribution >= 0.6 is 0 Å². The fraction of sp³-hybridized carbons (Fsp3) is 1.00. The van der Waals surface area contributed by atoms with Crippen LogP contribution in [0, 0.1) is 11.8 Å². The largest absolute Gasteiger partial charge is 0.303 e. The van der Waals surface area contributed by atoms with Crippen molar-refractivity contribution in [3.63, 3.8) is 0 Å². The maximum absolute atomic E-state index is 2.70. The van der Waals surface area contributed by atoms with Gasteiger partial charge in [-0.05, 0) is 44.2 Å². The Morgan fingerprint density at radius 1 is 1.20 bits per heavy atom. The molecular formula is C14H29N. The van der Waals surface area contributed by atoms with Gasteiger partial charge in [-0.15, -0.1) is 0 Å². The normalized spacial score (nSPS) is 21.8. The molecule has 1 heteroatoms. The van der Waals surface area contributed by atoms with Gasteiger partial charge in [-0.2, -0.15) is 0 Å². The van der Waals surface area contributed by atoms with Gasteiger partial charge in [0.05, 0.1) is 0 Å². The highest BCUT2D eigenvalue weighted by Gasteiger charge is 2.18. The first kappa shape index (κ1) is 13.0. The van der Waals surface area contributed by atoms with E-state index in [1.54, 1.807) is 0 Å². The highest BCUT2D eigenvalue weighted by atomic mass is 15.1. The summed E-state index contributed by atoms with van der Waals surface area (Å²) in [6, 6.07) is 0. The van der Waals surface area contributed by atoms with E-state index < -0.39 is 0 Å². The summed E-state index contributed by atoms with van der Waals surface area (Å²) in [5.41, 5.74) is 0. The summed E-state index contributed by atoms with van der Waals surface area (Å²) in [5, 5.41) is 0. The first-order valence-corrected chi connectivity index (χ1v) is 6.98. The average Bonchev–Trinajstić information content (AvgIpc) is 2.27. The van der Waals surface area contributed by atoms with Crippen molar-refractivity contribution in [2.24, 2.45) is 11.8 Å². The standard InChI is InChI=1S/C14H29N/c1-4-6-7-14(5-2)12-15-10-8-13(3)9-11-15/h13-14H,4-12H2,1-3H3/t14-/m1/s1. The van der Waals surface area contributed by atoms with E-state index in [1.165, 1.54) is 58.2 Å². The Bertz CT molecular complexity index is 145. The fourth-order valence-electron chi connectivity index (χ4n) is 2.53. The summed E-state index contributed by atoms with van der Waals surface area (Å²) in [4.78, 5) is 2.70. The minimum Gasteiger partial charge on any atom is -0.303 e. The summed E-state index contributed by atoms with van der Waals surface area (Å²) in [6.45, 7) is 11.1. The lowest BCUT2D eigenvalue weighted by atomic mass is 9.95. The van der Waals surface area contributed by atoms with Crippen LogP contribution in [-0.2, 0) is 0 Å². The molecule has 0 aliphatic carbocycles. The third-order valence-electron chi connectivity index (χ3n) is 3.94. The lowest BCUT2D eigenvalue weighted by Crippen LogP contribution is -2.36. The van der Waals surface area contributed by atoms with Gasteiger partial charge in [-0.1, -0.05) is 40.0 Å². The molecule has 0 bridgehead atoms. The SMILES string of the molecule is CCCC[C@@H](CC)CN1CCC(C)CC1. The Hall–Kier alpha value is -0.0400. The van der Waals surface area contributed by atoms with Crippen LogP contribution in [0.4, 0.5) is 0 Å². The molecule has 0 aromatic rings. The Morgan fingerprint density at radius 3 is 2.40 bits per heavy atom. The van der Waals surface area contributed by atoms with Crippen molar-refractivity contribution in [2.75, 3.05) is 19.6 Å². The van der Waals surface area contributed by atoms with E-state index in [0.717, 1.165) is 11.8 Å². The molecule has 0 aromatic carbocycles. The van der Waals surface area contributed by atoms with E-state index in [2.05, 4.69) is 25.7 Å². The molecule has 90 valence electrons. The van der Waals surface area contributed by atoms with Crippen molar-refractivity contribution in [3.05, 3.63) is 0 Å². The van der Waals surface area contributed by atoms with Crippen LogP contribution in [0.5, 0.6) is 0 Å². The summed E-state index contributed by atoms with van der Waals surface area (Å²) < 4.78 is 0. The molecule has 1 nitrogen and oxygen atoms in total. The number of piperidine rings is 1. The molecule has 1 aliphatic rings. The summed E-state index contributed by atoms with van der Waals surface area (Å²) in [6.07, 6.45) is 8.43. The molecule has 0 radical (unpaired) electrons. The van der Waals surface area contributed by atoms with Crippen LogP contribution in [0.25, 0.3) is 0 Å². The minimum atomic E-state index is 0.957. The zero-order valence-electron chi connectivity index (χ0n) is 11.0. The molecule has 1 saturated heterocycles. The predicted octanol–water partition coefficient (Wildman–Crippen LogP) is 3.93. The van der Waals surface area contributed by atoms with E-state index in [0.29, 0.717) is 0 Å². The molecule has 1 fully saturated rings. The van der Waals surface area contributed by atoms with Crippen molar-refractivity contribution >= 4 is 0 Å². The smallest absolute Gasteiger partial charge is 0.000956 e. The number of nitrogens with zero attached hydrogens (tertiary/aromatic N) is 1. The average molecular weight is 211 g/mol. The van der Waals surface area contributed by atoms with Crippen molar-refractivity contribution in [3.8, 4) is 0 Å². The van der Waals surface area contributed by atoms with Gasteiger partial charge in [-0.25, -0.2) is 0 Å². The molecule has 1 aliphatic heterocycles. The maximum atomic E-state index is 2.70. The number of rotatable bonds is 6. The monoisotopic (exact) mass is 211 g/mol. The van der Waals surface area contributed by atoms with Crippen molar-refractivity contribution in [1.29, 1.82) is 0 Å². The lowest BCUT2D eigenvalue weighted by molar-refractivity contribution is 0.160. The fourth-order valence-corrected chi connectivity index (χ4v) is 2.53. The molecule has 15 heavy (non-hydrogen) atoms. The second kappa shape index (κ2) is 7.27.